The third-order valence-corrected chi connectivity index (χ3v) is 7.32. The topological polar surface area (TPSA) is 281 Å². The fourth-order valence-electron chi connectivity index (χ4n) is 4.85. The molecule has 3 amide bonds. The minimum atomic E-state index is -1.42. The van der Waals surface area contributed by atoms with Gasteiger partial charge in [-0.1, -0.05) is 46.8 Å². The molecular formula is C35H47N7O12. The zero-order chi connectivity index (χ0) is 40.6. The predicted molar refractivity (Wildman–Crippen MR) is 196 cm³/mol. The van der Waals surface area contributed by atoms with E-state index in [0.29, 0.717) is 23.1 Å². The molecule has 0 spiro atoms. The lowest BCUT2D eigenvalue weighted by molar-refractivity contribution is -0.403. The van der Waals surface area contributed by atoms with E-state index in [2.05, 4.69) is 26.6 Å². The second-order valence-electron chi connectivity index (χ2n) is 14.0. The zero-order valence-corrected chi connectivity index (χ0v) is 30.6. The van der Waals surface area contributed by atoms with Crippen LogP contribution < -0.4 is 26.6 Å². The van der Waals surface area contributed by atoms with Crippen LogP contribution in [0.25, 0.3) is 0 Å². The Morgan fingerprint density at radius 1 is 0.796 bits per heavy atom. The lowest BCUT2D eigenvalue weighted by Crippen LogP contribution is -2.52. The van der Waals surface area contributed by atoms with Crippen molar-refractivity contribution < 1.29 is 48.8 Å². The number of carboxylic acids is 2. The van der Waals surface area contributed by atoms with Gasteiger partial charge in [-0.25, -0.2) is 9.59 Å². The maximum absolute atomic E-state index is 13.2. The zero-order valence-electron chi connectivity index (χ0n) is 30.6. The first-order valence-electron chi connectivity index (χ1n) is 16.9. The molecule has 294 valence electrons. The number of aliphatic carboxylic acids is 2. The second kappa shape index (κ2) is 20.8. The summed E-state index contributed by atoms with van der Waals surface area (Å²) >= 11 is 0. The monoisotopic (exact) mass is 757 g/mol. The lowest BCUT2D eigenvalue weighted by atomic mass is 9.92. The smallest absolute Gasteiger partial charge is 0.328 e. The number of non-ortho nitro benzene ring substituents is 1. The van der Waals surface area contributed by atoms with Crippen molar-refractivity contribution in [3.05, 3.63) is 86.3 Å². The van der Waals surface area contributed by atoms with E-state index in [4.69, 9.17) is 4.74 Å². The minimum absolute atomic E-state index is 0.0438. The molecule has 0 aromatic heterocycles. The largest absolute Gasteiger partial charge is 0.480 e. The van der Waals surface area contributed by atoms with Gasteiger partial charge in [0.1, 0.15) is 12.1 Å². The number of carbonyl (C=O) groups is 5. The van der Waals surface area contributed by atoms with Crippen LogP contribution in [-0.4, -0.2) is 81.1 Å². The molecule has 0 fully saturated rings. The quantitative estimate of drug-likeness (QED) is 0.0516. The van der Waals surface area contributed by atoms with E-state index in [9.17, 15) is 54.4 Å². The van der Waals surface area contributed by atoms with E-state index in [1.807, 2.05) is 34.6 Å². The summed E-state index contributed by atoms with van der Waals surface area (Å²) < 4.78 is 5.35. The number of benzene rings is 2. The molecule has 2 aromatic rings. The summed E-state index contributed by atoms with van der Waals surface area (Å²) in [7, 11) is 0. The van der Waals surface area contributed by atoms with E-state index in [-0.39, 0.29) is 55.1 Å². The van der Waals surface area contributed by atoms with Crippen LogP contribution in [0.4, 0.5) is 17.1 Å². The molecule has 3 unspecified atom stereocenters. The number of hydrogen-bond acceptors (Lipinski definition) is 12. The fourth-order valence-corrected chi connectivity index (χ4v) is 4.85. The Hall–Kier alpha value is -6.11. The predicted octanol–water partition coefficient (Wildman–Crippen LogP) is 3.25. The SMILES string of the molecule is CC(C)CC(NC(=O)Cc1ccc(NC(=C[N+](=O)[O-])Nc2ccc([N+](=O)[O-])cc2)cc1)C(=O)NC(CCOCC(NC(=O)CC(C)(C)C)C(=O)O)C(=O)O. The maximum atomic E-state index is 13.2. The summed E-state index contributed by atoms with van der Waals surface area (Å²) in [6.07, 6.45) is 0.560. The van der Waals surface area contributed by atoms with Crippen molar-refractivity contribution in [2.45, 2.75) is 78.4 Å². The average molecular weight is 758 g/mol. The number of carbonyl (C=O) groups excluding carboxylic acids is 3. The highest BCUT2D eigenvalue weighted by atomic mass is 16.6. The molecule has 19 heteroatoms. The van der Waals surface area contributed by atoms with Gasteiger partial charge in [0.2, 0.25) is 17.7 Å². The summed E-state index contributed by atoms with van der Waals surface area (Å²) in [5.41, 5.74) is 0.760. The van der Waals surface area contributed by atoms with E-state index >= 15 is 0 Å². The number of nitrogens with one attached hydrogen (secondary N) is 5. The third-order valence-electron chi connectivity index (χ3n) is 7.32. The Morgan fingerprint density at radius 2 is 1.33 bits per heavy atom. The number of nitro groups is 2. The van der Waals surface area contributed by atoms with Crippen LogP contribution in [0.5, 0.6) is 0 Å². The number of carboxylic acid groups (broad SMARTS) is 2. The summed E-state index contributed by atoms with van der Waals surface area (Å²) in [6, 6.07) is 7.67. The van der Waals surface area contributed by atoms with Crippen LogP contribution >= 0.6 is 0 Å². The van der Waals surface area contributed by atoms with Gasteiger partial charge < -0.3 is 41.5 Å². The molecule has 19 nitrogen and oxygen atoms in total. The van der Waals surface area contributed by atoms with E-state index in [1.54, 1.807) is 24.3 Å². The fraction of sp³-hybridized carbons (Fsp3) is 0.457. The van der Waals surface area contributed by atoms with Crippen LogP contribution in [0.1, 0.15) is 59.4 Å². The highest BCUT2D eigenvalue weighted by Gasteiger charge is 2.28. The van der Waals surface area contributed by atoms with E-state index in [0.717, 1.165) is 0 Å². The normalized spacial score (nSPS) is 13.2. The molecule has 0 bridgehead atoms. The Morgan fingerprint density at radius 3 is 1.81 bits per heavy atom. The van der Waals surface area contributed by atoms with Gasteiger partial charge in [-0.05, 0) is 47.6 Å². The van der Waals surface area contributed by atoms with Gasteiger partial charge >= 0.3 is 11.9 Å². The standard InChI is InChI=1S/C35H47N7O12/c1-21(2)16-27(32(45)40-26(33(46)47)14-15-54-20-28(34(48)49)39-31(44)18-35(3,4)5)38-30(43)17-22-6-8-23(9-7-22)36-29(19-41(50)51)37-24-10-12-25(13-11-24)42(52)53/h6-13,19,21,26-28,36-37H,14-18,20H2,1-5H3,(H,38,43)(H,39,44)(H,40,45)(H,46,47)(H,48,49). The molecule has 0 aliphatic rings. The summed E-state index contributed by atoms with van der Waals surface area (Å²) in [5, 5.41) is 54.3. The average Bonchev–Trinajstić information content (AvgIpc) is 3.04. The number of rotatable bonds is 22. The van der Waals surface area contributed by atoms with Crippen molar-refractivity contribution in [1.82, 2.24) is 16.0 Å². The van der Waals surface area contributed by atoms with Crippen molar-refractivity contribution in [3.63, 3.8) is 0 Å². The van der Waals surface area contributed by atoms with Crippen LogP contribution in [0.3, 0.4) is 0 Å². The summed E-state index contributed by atoms with van der Waals surface area (Å²) in [6.45, 7) is 8.42. The molecule has 0 saturated carbocycles. The van der Waals surface area contributed by atoms with Gasteiger partial charge in [-0.3, -0.25) is 34.6 Å². The molecule has 54 heavy (non-hydrogen) atoms. The molecule has 2 aromatic carbocycles. The third kappa shape index (κ3) is 16.9. The van der Waals surface area contributed by atoms with Crippen LogP contribution in [0.15, 0.2) is 60.6 Å². The Bertz CT molecular complexity index is 1670. The number of anilines is 2. The van der Waals surface area contributed by atoms with Crippen molar-refractivity contribution in [3.8, 4) is 0 Å². The van der Waals surface area contributed by atoms with Gasteiger partial charge in [-0.2, -0.15) is 0 Å². The second-order valence-corrected chi connectivity index (χ2v) is 14.0. The van der Waals surface area contributed by atoms with Crippen molar-refractivity contribution >= 4 is 46.7 Å². The minimum Gasteiger partial charge on any atom is -0.480 e. The van der Waals surface area contributed by atoms with Crippen LogP contribution in [0.2, 0.25) is 0 Å². The number of amides is 3. The molecule has 0 radical (unpaired) electrons. The van der Waals surface area contributed by atoms with Gasteiger partial charge in [0.15, 0.2) is 11.9 Å². The Balaban J connectivity index is 1.99. The van der Waals surface area contributed by atoms with Crippen molar-refractivity contribution in [2.24, 2.45) is 11.3 Å². The molecule has 7 N–H and O–H groups in total. The Labute approximate surface area is 311 Å². The van der Waals surface area contributed by atoms with Crippen LogP contribution in [-0.2, 0) is 35.1 Å². The van der Waals surface area contributed by atoms with Gasteiger partial charge in [0.05, 0.1) is 22.9 Å². The van der Waals surface area contributed by atoms with E-state index in [1.165, 1.54) is 24.3 Å². The first kappa shape index (κ1) is 44.1. The number of ether oxygens (including phenoxy) is 1. The number of nitro benzene ring substituents is 1. The highest BCUT2D eigenvalue weighted by Crippen LogP contribution is 2.20. The van der Waals surface area contributed by atoms with Crippen LogP contribution in [0, 0.1) is 31.6 Å². The summed E-state index contributed by atoms with van der Waals surface area (Å²) in [5.74, 6) is -4.57. The molecule has 3 atom stereocenters. The first-order chi connectivity index (χ1) is 25.2. The van der Waals surface area contributed by atoms with Crippen molar-refractivity contribution in [1.29, 1.82) is 0 Å². The maximum Gasteiger partial charge on any atom is 0.328 e. The van der Waals surface area contributed by atoms with Gasteiger partial charge in [-0.15, -0.1) is 0 Å². The van der Waals surface area contributed by atoms with Gasteiger partial charge in [0, 0.05) is 43.0 Å². The molecule has 0 aliphatic carbocycles. The molecule has 2 rings (SSSR count). The highest BCUT2D eigenvalue weighted by molar-refractivity contribution is 5.91. The molecule has 0 saturated heterocycles. The molecular weight excluding hydrogens is 710 g/mol. The van der Waals surface area contributed by atoms with E-state index < -0.39 is 64.2 Å². The van der Waals surface area contributed by atoms with Crippen molar-refractivity contribution in [2.75, 3.05) is 23.8 Å². The van der Waals surface area contributed by atoms with Gasteiger partial charge in [0.25, 0.3) is 11.9 Å². The molecule has 0 aliphatic heterocycles. The number of hydrogen-bond donors (Lipinski definition) is 7. The Kier molecular flexibility index (Phi) is 17.0. The lowest BCUT2D eigenvalue weighted by Gasteiger charge is -2.23. The molecule has 0 heterocycles. The summed E-state index contributed by atoms with van der Waals surface area (Å²) in [4.78, 5) is 82.7. The number of nitrogens with zero attached hydrogens (tertiary/aromatic N) is 2. The first-order valence-corrected chi connectivity index (χ1v) is 16.9.